The summed E-state index contributed by atoms with van der Waals surface area (Å²) < 4.78 is 6.61. The highest BCUT2D eigenvalue weighted by atomic mass is 79.9. The van der Waals surface area contributed by atoms with Crippen molar-refractivity contribution in [3.05, 3.63) is 62.6 Å². The van der Waals surface area contributed by atoms with Crippen LogP contribution < -0.4 is 10.5 Å². The summed E-state index contributed by atoms with van der Waals surface area (Å²) in [4.78, 5) is 11.1. The molecule has 2 aromatic carbocycles. The van der Waals surface area contributed by atoms with E-state index in [1.807, 2.05) is 25.1 Å². The van der Waals surface area contributed by atoms with Crippen LogP contribution >= 0.6 is 27.5 Å². The van der Waals surface area contributed by atoms with Gasteiger partial charge in [0.25, 0.3) is 0 Å². The molecule has 3 nitrogen and oxygen atoms in total. The summed E-state index contributed by atoms with van der Waals surface area (Å²) in [6, 6.07) is 10.7. The highest BCUT2D eigenvalue weighted by molar-refractivity contribution is 9.10. The molecule has 1 amide bonds. The largest absolute Gasteiger partial charge is 0.487 e. The number of aryl methyl sites for hydroxylation is 1. The molecule has 0 saturated carbocycles. The van der Waals surface area contributed by atoms with Gasteiger partial charge in [-0.15, -0.1) is 0 Å². The summed E-state index contributed by atoms with van der Waals surface area (Å²) in [6.45, 7) is 2.29. The molecule has 104 valence electrons. The molecule has 0 aliphatic heterocycles. The normalized spacial score (nSPS) is 10.3. The minimum Gasteiger partial charge on any atom is -0.487 e. The molecular weight excluding hydrogens is 342 g/mol. The van der Waals surface area contributed by atoms with Crippen molar-refractivity contribution >= 4 is 33.4 Å². The smallest absolute Gasteiger partial charge is 0.248 e. The van der Waals surface area contributed by atoms with Crippen molar-refractivity contribution in [2.45, 2.75) is 13.5 Å². The fourth-order valence-corrected chi connectivity index (χ4v) is 2.27. The number of benzene rings is 2. The van der Waals surface area contributed by atoms with E-state index in [0.717, 1.165) is 15.6 Å². The average molecular weight is 355 g/mol. The highest BCUT2D eigenvalue weighted by Gasteiger charge is 2.07. The van der Waals surface area contributed by atoms with Gasteiger partial charge in [0.15, 0.2) is 0 Å². The molecule has 2 aromatic rings. The van der Waals surface area contributed by atoms with Crippen molar-refractivity contribution in [1.82, 2.24) is 0 Å². The number of hydrogen-bond donors (Lipinski definition) is 1. The number of primary amides is 1. The molecule has 0 unspecified atom stereocenters. The number of carbonyl (C=O) groups is 1. The van der Waals surface area contributed by atoms with Crippen molar-refractivity contribution < 1.29 is 9.53 Å². The minimum absolute atomic E-state index is 0.376. The predicted octanol–water partition coefficient (Wildman–Crippen LogP) is 4.09. The molecule has 0 fully saturated rings. The fourth-order valence-electron chi connectivity index (χ4n) is 1.75. The Hall–Kier alpha value is -1.52. The van der Waals surface area contributed by atoms with Crippen LogP contribution in [-0.2, 0) is 6.61 Å². The second-order valence-corrected chi connectivity index (χ2v) is 5.69. The third-order valence-electron chi connectivity index (χ3n) is 2.90. The van der Waals surface area contributed by atoms with Gasteiger partial charge in [0.05, 0.1) is 5.02 Å². The highest BCUT2D eigenvalue weighted by Crippen LogP contribution is 2.28. The summed E-state index contributed by atoms with van der Waals surface area (Å²) in [5.74, 6) is 0.176. The molecule has 5 heteroatoms. The van der Waals surface area contributed by atoms with Gasteiger partial charge in [0, 0.05) is 10.0 Å². The molecule has 0 aromatic heterocycles. The first-order valence-electron chi connectivity index (χ1n) is 5.94. The van der Waals surface area contributed by atoms with Crippen LogP contribution in [0, 0.1) is 6.92 Å². The van der Waals surface area contributed by atoms with Crippen LogP contribution in [0.15, 0.2) is 40.9 Å². The van der Waals surface area contributed by atoms with Gasteiger partial charge in [-0.2, -0.15) is 0 Å². The molecular formula is C15H13BrClNO2. The van der Waals surface area contributed by atoms with Gasteiger partial charge in [-0.05, 0) is 48.4 Å². The Kier molecular flexibility index (Phi) is 4.68. The summed E-state index contributed by atoms with van der Waals surface area (Å²) >= 11 is 9.43. The maximum absolute atomic E-state index is 11.1. The summed E-state index contributed by atoms with van der Waals surface area (Å²) in [5.41, 5.74) is 7.66. The van der Waals surface area contributed by atoms with Crippen LogP contribution in [0.3, 0.4) is 0 Å². The van der Waals surface area contributed by atoms with E-state index in [1.54, 1.807) is 18.2 Å². The first-order valence-corrected chi connectivity index (χ1v) is 7.11. The van der Waals surface area contributed by atoms with Crippen molar-refractivity contribution in [2.24, 2.45) is 5.73 Å². The van der Waals surface area contributed by atoms with Gasteiger partial charge in [0.2, 0.25) is 5.91 Å². The summed E-state index contributed by atoms with van der Waals surface area (Å²) in [7, 11) is 0. The number of ether oxygens (including phenoxy) is 1. The Balaban J connectivity index is 2.15. The number of carbonyl (C=O) groups excluding carboxylic acids is 1. The SMILES string of the molecule is Cc1cc(C(N)=O)ccc1COc1cc(Br)ccc1Cl. The van der Waals surface area contributed by atoms with E-state index in [9.17, 15) is 4.79 Å². The van der Waals surface area contributed by atoms with E-state index < -0.39 is 5.91 Å². The Morgan fingerprint density at radius 3 is 2.70 bits per heavy atom. The summed E-state index contributed by atoms with van der Waals surface area (Å²) in [6.07, 6.45) is 0. The van der Waals surface area contributed by atoms with Crippen LogP contribution in [0.2, 0.25) is 5.02 Å². The van der Waals surface area contributed by atoms with Gasteiger partial charge in [-0.1, -0.05) is 33.6 Å². The van der Waals surface area contributed by atoms with Crippen LogP contribution in [0.5, 0.6) is 5.75 Å². The van der Waals surface area contributed by atoms with E-state index in [4.69, 9.17) is 22.1 Å². The Morgan fingerprint density at radius 1 is 1.30 bits per heavy atom. The minimum atomic E-state index is -0.435. The van der Waals surface area contributed by atoms with E-state index in [1.165, 1.54) is 0 Å². The molecule has 0 atom stereocenters. The molecule has 0 saturated heterocycles. The Morgan fingerprint density at radius 2 is 2.05 bits per heavy atom. The third kappa shape index (κ3) is 3.52. The molecule has 20 heavy (non-hydrogen) atoms. The van der Waals surface area contributed by atoms with Gasteiger partial charge in [0.1, 0.15) is 12.4 Å². The monoisotopic (exact) mass is 353 g/mol. The molecule has 0 aliphatic rings. The topological polar surface area (TPSA) is 52.3 Å². The number of halogens is 2. The van der Waals surface area contributed by atoms with Crippen LogP contribution in [0.4, 0.5) is 0 Å². The first-order chi connectivity index (χ1) is 9.47. The lowest BCUT2D eigenvalue weighted by molar-refractivity contribution is 0.1000. The zero-order chi connectivity index (χ0) is 14.7. The number of nitrogens with two attached hydrogens (primary N) is 1. The zero-order valence-corrected chi connectivity index (χ0v) is 13.2. The lowest BCUT2D eigenvalue weighted by Gasteiger charge is -2.11. The van der Waals surface area contributed by atoms with Crippen molar-refractivity contribution in [3.8, 4) is 5.75 Å². The lowest BCUT2D eigenvalue weighted by atomic mass is 10.1. The van der Waals surface area contributed by atoms with Gasteiger partial charge in [-0.25, -0.2) is 0 Å². The van der Waals surface area contributed by atoms with E-state index in [-0.39, 0.29) is 0 Å². The molecule has 0 radical (unpaired) electrons. The van der Waals surface area contributed by atoms with Gasteiger partial charge < -0.3 is 10.5 Å². The zero-order valence-electron chi connectivity index (χ0n) is 10.8. The maximum atomic E-state index is 11.1. The lowest BCUT2D eigenvalue weighted by Crippen LogP contribution is -2.11. The van der Waals surface area contributed by atoms with Gasteiger partial charge >= 0.3 is 0 Å². The van der Waals surface area contributed by atoms with Crippen LogP contribution in [0.1, 0.15) is 21.5 Å². The first kappa shape index (κ1) is 14.9. The summed E-state index contributed by atoms with van der Waals surface area (Å²) in [5, 5.41) is 0.555. The van der Waals surface area contributed by atoms with Crippen LogP contribution in [-0.4, -0.2) is 5.91 Å². The van der Waals surface area contributed by atoms with Crippen molar-refractivity contribution in [1.29, 1.82) is 0 Å². The standard InChI is InChI=1S/C15H13BrClNO2/c1-9-6-10(15(18)19)2-3-11(9)8-20-14-7-12(16)4-5-13(14)17/h2-7H,8H2,1H3,(H2,18,19). The Labute approximate surface area is 130 Å². The fraction of sp³-hybridized carbons (Fsp3) is 0.133. The molecule has 0 spiro atoms. The van der Waals surface area contributed by atoms with Gasteiger partial charge in [-0.3, -0.25) is 4.79 Å². The van der Waals surface area contributed by atoms with Crippen molar-refractivity contribution in [2.75, 3.05) is 0 Å². The Bertz CT molecular complexity index is 658. The number of amides is 1. The van der Waals surface area contributed by atoms with Crippen molar-refractivity contribution in [3.63, 3.8) is 0 Å². The average Bonchev–Trinajstić information content (AvgIpc) is 2.40. The molecule has 0 heterocycles. The predicted molar refractivity (Wildman–Crippen MR) is 83.2 cm³/mol. The number of rotatable bonds is 4. The van der Waals surface area contributed by atoms with E-state index >= 15 is 0 Å². The van der Waals surface area contributed by atoms with E-state index in [2.05, 4.69) is 15.9 Å². The molecule has 2 N–H and O–H groups in total. The molecule has 2 rings (SSSR count). The molecule has 0 aliphatic carbocycles. The maximum Gasteiger partial charge on any atom is 0.248 e. The second-order valence-electron chi connectivity index (χ2n) is 4.37. The second kappa shape index (κ2) is 6.29. The quantitative estimate of drug-likeness (QED) is 0.899. The molecule has 0 bridgehead atoms. The number of hydrogen-bond acceptors (Lipinski definition) is 2. The van der Waals surface area contributed by atoms with Crippen LogP contribution in [0.25, 0.3) is 0 Å². The third-order valence-corrected chi connectivity index (χ3v) is 3.71. The van der Waals surface area contributed by atoms with E-state index in [0.29, 0.717) is 22.9 Å².